The Morgan fingerprint density at radius 2 is 1.65 bits per heavy atom. The average molecular weight is 279 g/mol. The van der Waals surface area contributed by atoms with E-state index >= 15 is 0 Å². The number of hydrogen-bond donors (Lipinski definition) is 0. The molecule has 4 heteroatoms. The number of carbonyl (C=O) groups is 1. The molecule has 20 heavy (non-hydrogen) atoms. The van der Waals surface area contributed by atoms with Gasteiger partial charge < -0.3 is 9.80 Å². The Hall–Kier alpha value is -0.610. The molecule has 0 radical (unpaired) electrons. The highest BCUT2D eigenvalue weighted by Crippen LogP contribution is 2.45. The molecule has 3 saturated heterocycles. The van der Waals surface area contributed by atoms with Gasteiger partial charge in [0.15, 0.2) is 0 Å². The van der Waals surface area contributed by atoms with Crippen molar-refractivity contribution in [3.8, 4) is 0 Å². The molecule has 114 valence electrons. The van der Waals surface area contributed by atoms with Crippen molar-refractivity contribution < 1.29 is 4.79 Å². The lowest BCUT2D eigenvalue weighted by molar-refractivity contribution is -0.148. The molecule has 3 aliphatic heterocycles. The quantitative estimate of drug-likeness (QED) is 0.723. The molecule has 3 heterocycles. The maximum Gasteiger partial charge on any atom is 0.239 e. The van der Waals surface area contributed by atoms with Crippen molar-refractivity contribution in [3.63, 3.8) is 0 Å². The second kappa shape index (κ2) is 4.70. The van der Waals surface area contributed by atoms with Gasteiger partial charge in [-0.2, -0.15) is 0 Å². The van der Waals surface area contributed by atoms with Crippen molar-refractivity contribution in [2.75, 3.05) is 46.8 Å². The first-order valence-corrected chi connectivity index (χ1v) is 7.98. The van der Waals surface area contributed by atoms with Crippen molar-refractivity contribution in [1.29, 1.82) is 0 Å². The number of likely N-dealkylation sites (N-methyl/N-ethyl adjacent to an activating group) is 1. The Kier molecular flexibility index (Phi) is 3.37. The van der Waals surface area contributed by atoms with E-state index in [1.54, 1.807) is 0 Å². The number of piperidine rings is 2. The minimum Gasteiger partial charge on any atom is -0.340 e. The van der Waals surface area contributed by atoms with E-state index in [0.29, 0.717) is 5.91 Å². The van der Waals surface area contributed by atoms with Crippen LogP contribution in [0, 0.1) is 10.8 Å². The third-order valence-electron chi connectivity index (χ3n) is 5.42. The first-order chi connectivity index (χ1) is 9.30. The average Bonchev–Trinajstić information content (AvgIpc) is 2.70. The van der Waals surface area contributed by atoms with Gasteiger partial charge in [0.2, 0.25) is 5.91 Å². The fourth-order valence-electron chi connectivity index (χ4n) is 5.28. The Morgan fingerprint density at radius 3 is 2.15 bits per heavy atom. The van der Waals surface area contributed by atoms with Crippen molar-refractivity contribution in [1.82, 2.24) is 14.7 Å². The third kappa shape index (κ3) is 2.48. The van der Waals surface area contributed by atoms with E-state index in [4.69, 9.17) is 0 Å². The van der Waals surface area contributed by atoms with E-state index in [1.165, 1.54) is 6.42 Å². The summed E-state index contributed by atoms with van der Waals surface area (Å²) in [7, 11) is 4.31. The second-order valence-electron chi connectivity index (χ2n) is 8.30. The number of fused-ring (bicyclic) bond motifs is 2. The molecule has 3 atom stereocenters. The summed E-state index contributed by atoms with van der Waals surface area (Å²) >= 11 is 0. The fraction of sp³-hybridized carbons (Fsp3) is 0.938. The van der Waals surface area contributed by atoms with Gasteiger partial charge in [-0.3, -0.25) is 9.69 Å². The van der Waals surface area contributed by atoms with Crippen LogP contribution in [-0.2, 0) is 4.79 Å². The maximum absolute atomic E-state index is 12.9. The molecule has 3 aliphatic rings. The highest BCUT2D eigenvalue weighted by atomic mass is 16.2. The lowest BCUT2D eigenvalue weighted by atomic mass is 9.65. The van der Waals surface area contributed by atoms with E-state index in [2.05, 4.69) is 42.6 Å². The number of likely N-dealkylation sites (tertiary alicyclic amines) is 3. The Morgan fingerprint density at radius 1 is 1.05 bits per heavy atom. The van der Waals surface area contributed by atoms with Crippen molar-refractivity contribution in [2.45, 2.75) is 39.2 Å². The molecule has 2 unspecified atom stereocenters. The summed E-state index contributed by atoms with van der Waals surface area (Å²) in [6, 6.07) is 0.138. The van der Waals surface area contributed by atoms with E-state index in [-0.39, 0.29) is 16.9 Å². The van der Waals surface area contributed by atoms with Gasteiger partial charge in [0.05, 0.1) is 6.04 Å². The zero-order valence-electron chi connectivity index (χ0n) is 13.5. The highest BCUT2D eigenvalue weighted by molar-refractivity contribution is 5.82. The summed E-state index contributed by atoms with van der Waals surface area (Å²) in [5, 5.41) is 0. The molecule has 0 aliphatic carbocycles. The van der Waals surface area contributed by atoms with Crippen LogP contribution in [-0.4, -0.2) is 73.5 Å². The highest BCUT2D eigenvalue weighted by Gasteiger charge is 2.49. The van der Waals surface area contributed by atoms with Gasteiger partial charge in [-0.05, 0) is 50.7 Å². The van der Waals surface area contributed by atoms with E-state index in [1.807, 2.05) is 0 Å². The third-order valence-corrected chi connectivity index (χ3v) is 5.42. The lowest BCUT2D eigenvalue weighted by Crippen LogP contribution is -2.63. The number of hydrogen-bond acceptors (Lipinski definition) is 3. The first-order valence-electron chi connectivity index (χ1n) is 7.98. The van der Waals surface area contributed by atoms with Crippen LogP contribution in [0.1, 0.15) is 33.1 Å². The smallest absolute Gasteiger partial charge is 0.239 e. The Bertz CT molecular complexity index is 393. The van der Waals surface area contributed by atoms with Crippen LogP contribution < -0.4 is 0 Å². The number of amides is 1. The molecule has 0 aromatic carbocycles. The minimum absolute atomic E-state index is 0.138. The van der Waals surface area contributed by atoms with E-state index < -0.39 is 0 Å². The predicted octanol–water partition coefficient (Wildman–Crippen LogP) is 1.27. The standard InChI is InChI=1S/C16H29N3O/c1-15-8-16(2,10-17(3)9-15)12-19(11-15)14(20)13-6-5-7-18(13)4/h13H,5-12H2,1-4H3/t13-,15?,16?/m0/s1. The summed E-state index contributed by atoms with van der Waals surface area (Å²) in [5.74, 6) is 0.381. The molecule has 3 fully saturated rings. The molecule has 1 amide bonds. The topological polar surface area (TPSA) is 26.8 Å². The van der Waals surface area contributed by atoms with Crippen LogP contribution in [0.15, 0.2) is 0 Å². The number of nitrogens with zero attached hydrogens (tertiary/aromatic N) is 3. The molecular weight excluding hydrogens is 250 g/mol. The van der Waals surface area contributed by atoms with Crippen LogP contribution >= 0.6 is 0 Å². The minimum atomic E-state index is 0.138. The summed E-state index contributed by atoms with van der Waals surface area (Å²) < 4.78 is 0. The summed E-state index contributed by atoms with van der Waals surface area (Å²) in [6.07, 6.45) is 3.46. The van der Waals surface area contributed by atoms with Crippen molar-refractivity contribution in [3.05, 3.63) is 0 Å². The largest absolute Gasteiger partial charge is 0.340 e. The Labute approximate surface area is 123 Å². The van der Waals surface area contributed by atoms with E-state index in [9.17, 15) is 4.79 Å². The zero-order chi connectivity index (χ0) is 14.5. The van der Waals surface area contributed by atoms with Crippen molar-refractivity contribution in [2.24, 2.45) is 10.8 Å². The number of rotatable bonds is 1. The molecule has 0 spiro atoms. The van der Waals surface area contributed by atoms with Crippen LogP contribution in [0.3, 0.4) is 0 Å². The van der Waals surface area contributed by atoms with Gasteiger partial charge in [0, 0.05) is 26.2 Å². The van der Waals surface area contributed by atoms with Crippen molar-refractivity contribution >= 4 is 5.91 Å². The summed E-state index contributed by atoms with van der Waals surface area (Å²) in [5.41, 5.74) is 0.541. The van der Waals surface area contributed by atoms with Gasteiger partial charge in [0.1, 0.15) is 0 Å². The summed E-state index contributed by atoms with van der Waals surface area (Å²) in [4.78, 5) is 19.8. The molecule has 0 saturated carbocycles. The monoisotopic (exact) mass is 279 g/mol. The van der Waals surface area contributed by atoms with Crippen LogP contribution in [0.5, 0.6) is 0 Å². The molecule has 0 N–H and O–H groups in total. The maximum atomic E-state index is 12.9. The predicted molar refractivity (Wildman–Crippen MR) is 80.6 cm³/mol. The van der Waals surface area contributed by atoms with Gasteiger partial charge in [0.25, 0.3) is 0 Å². The van der Waals surface area contributed by atoms with E-state index in [0.717, 1.165) is 45.6 Å². The Balaban J connectivity index is 1.77. The van der Waals surface area contributed by atoms with Gasteiger partial charge in [-0.15, -0.1) is 0 Å². The van der Waals surface area contributed by atoms with Crippen LogP contribution in [0.2, 0.25) is 0 Å². The zero-order valence-corrected chi connectivity index (χ0v) is 13.5. The first kappa shape index (κ1) is 14.3. The van der Waals surface area contributed by atoms with Crippen LogP contribution in [0.25, 0.3) is 0 Å². The molecule has 3 rings (SSSR count). The molecule has 4 nitrogen and oxygen atoms in total. The van der Waals surface area contributed by atoms with Crippen LogP contribution in [0.4, 0.5) is 0 Å². The molecular formula is C16H29N3O. The lowest BCUT2D eigenvalue weighted by Gasteiger charge is -2.56. The summed E-state index contributed by atoms with van der Waals surface area (Å²) in [6.45, 7) is 9.91. The van der Waals surface area contributed by atoms with Gasteiger partial charge in [-0.25, -0.2) is 0 Å². The fourth-order valence-corrected chi connectivity index (χ4v) is 5.28. The number of carbonyl (C=O) groups excluding carboxylic acids is 1. The second-order valence-corrected chi connectivity index (χ2v) is 8.30. The van der Waals surface area contributed by atoms with Gasteiger partial charge in [-0.1, -0.05) is 13.8 Å². The van der Waals surface area contributed by atoms with Gasteiger partial charge >= 0.3 is 0 Å². The molecule has 2 bridgehead atoms. The normalized spacial score (nSPS) is 43.0. The molecule has 0 aromatic heterocycles. The SMILES string of the molecule is CN1CC2(C)CN(C(=O)[C@@H]3CCCN3C)CC(C)(C1)C2. The molecule has 0 aromatic rings.